The summed E-state index contributed by atoms with van der Waals surface area (Å²) in [6, 6.07) is 19.4. The summed E-state index contributed by atoms with van der Waals surface area (Å²) >= 11 is 0. The van der Waals surface area contributed by atoms with Gasteiger partial charge >= 0.3 is 0 Å². The van der Waals surface area contributed by atoms with Gasteiger partial charge in [0.25, 0.3) is 0 Å². The van der Waals surface area contributed by atoms with Crippen LogP contribution in [0.3, 0.4) is 0 Å². The van der Waals surface area contributed by atoms with E-state index in [4.69, 9.17) is 5.26 Å². The Morgan fingerprint density at radius 1 is 0.542 bits per heavy atom. The predicted molar refractivity (Wildman–Crippen MR) is 348 cm³/mol. The van der Waals surface area contributed by atoms with E-state index in [9.17, 15) is 56.5 Å². The van der Waals surface area contributed by atoms with Gasteiger partial charge in [-0.2, -0.15) is 5.26 Å². The molecule has 0 amide bonds. The van der Waals surface area contributed by atoms with Gasteiger partial charge < -0.3 is 10.6 Å². The van der Waals surface area contributed by atoms with Crippen molar-refractivity contribution in [2.45, 2.75) is 209 Å². The van der Waals surface area contributed by atoms with Crippen LogP contribution in [-0.2, 0) is 69.3 Å². The fourth-order valence-electron chi connectivity index (χ4n) is 7.73. The molecule has 2 heterocycles. The van der Waals surface area contributed by atoms with Crippen LogP contribution in [0.2, 0.25) is 0 Å². The van der Waals surface area contributed by atoms with Crippen molar-refractivity contribution >= 4 is 66.5 Å². The number of nitrogens with one attached hydrogen (secondary N) is 2. The Hall–Kier alpha value is -3.39. The molecule has 2 saturated heterocycles. The highest BCUT2D eigenvalue weighted by Gasteiger charge is 2.39. The van der Waals surface area contributed by atoms with Crippen LogP contribution < -0.4 is 10.6 Å². The highest BCUT2D eigenvalue weighted by atomic mass is 32.2. The number of hydrogen-bond donors (Lipinski definition) is 2. The van der Waals surface area contributed by atoms with Gasteiger partial charge in [-0.25, -0.2) is 42.1 Å². The maximum atomic E-state index is 11.6. The Bertz CT molecular complexity index is 2720. The van der Waals surface area contributed by atoms with E-state index in [0.717, 1.165) is 57.4 Å². The van der Waals surface area contributed by atoms with Crippen molar-refractivity contribution in [3.05, 3.63) is 66.2 Å². The van der Waals surface area contributed by atoms with Crippen LogP contribution in [0.15, 0.2) is 65.6 Å². The number of sulfone groups is 5. The molecule has 16 nitrogen and oxygen atoms in total. The molecule has 2 aliphatic carbocycles. The van der Waals surface area contributed by atoms with E-state index < -0.39 is 59.3 Å². The lowest BCUT2D eigenvalue weighted by molar-refractivity contribution is -0.128. The molecule has 2 aromatic carbocycles. The number of carbonyl (C=O) groups is 3. The van der Waals surface area contributed by atoms with E-state index >= 15 is 0 Å². The molecule has 0 unspecified atom stereocenters. The third-order valence-corrected chi connectivity index (χ3v) is 23.2. The summed E-state index contributed by atoms with van der Waals surface area (Å²) in [6.07, 6.45) is 18.7. The molecule has 0 bridgehead atoms. The van der Waals surface area contributed by atoms with Crippen LogP contribution >= 0.6 is 0 Å². The fourth-order valence-corrected chi connectivity index (χ4v) is 11.0. The largest absolute Gasteiger partial charge is 0.316 e. The molecule has 4 fully saturated rings. The van der Waals surface area contributed by atoms with Gasteiger partial charge in [0.15, 0.2) is 29.5 Å². The summed E-state index contributed by atoms with van der Waals surface area (Å²) in [7, 11) is -14.2. The van der Waals surface area contributed by atoms with Gasteiger partial charge in [-0.3, -0.25) is 14.4 Å². The molecule has 6 rings (SSSR count). The van der Waals surface area contributed by atoms with E-state index in [2.05, 4.69) is 38.3 Å². The van der Waals surface area contributed by atoms with E-state index in [1.54, 1.807) is 84.0 Å². The second kappa shape index (κ2) is 39.4. The summed E-state index contributed by atoms with van der Waals surface area (Å²) in [5.41, 5.74) is -0.212. The second-order valence-corrected chi connectivity index (χ2v) is 35.9. The highest BCUT2D eigenvalue weighted by molar-refractivity contribution is 7.92. The molecule has 2 atom stereocenters. The van der Waals surface area contributed by atoms with Gasteiger partial charge in [-0.05, 0) is 175 Å². The zero-order valence-electron chi connectivity index (χ0n) is 51.8. The average Bonchev–Trinajstić information content (AvgIpc) is 4.23. The number of ketones is 3. The van der Waals surface area contributed by atoms with Gasteiger partial charge in [0, 0.05) is 42.1 Å². The second-order valence-electron chi connectivity index (χ2n) is 24.2. The van der Waals surface area contributed by atoms with Crippen molar-refractivity contribution in [2.24, 2.45) is 34.0 Å². The van der Waals surface area contributed by atoms with Crippen LogP contribution in [-0.4, -0.2) is 132 Å². The highest BCUT2D eigenvalue weighted by Crippen LogP contribution is 2.37. The predicted octanol–water partition coefficient (Wildman–Crippen LogP) is 11.6. The summed E-state index contributed by atoms with van der Waals surface area (Å²) in [5, 5.41) is 14.8. The molecule has 486 valence electrons. The normalized spacial score (nSPS) is 17.6. The standard InChI is InChI=1S/2C10H19NO.C10H20O2S.C8H10O2S.C7H8O2S.C6H9NO.C4H8O2S.C4H10O2S.3CH4/c2*1-8(12)10(2,3)9-5-4-6-11-7-9;1-10(2,13(3,11)12)9-7-5-4-6-8-9;1-11(9,10)7-8-5-3-2-4-6-8;1-10(8,9)7-5-3-2-4-6-7;1-5(8)6(2,3)4-7;1-7(5,6)4-2-3-4;1-4(2)7(3,5)6;;;/h2*9,11H,4-7H2,1-3H3;9H,4-8H2,1-3H3;2-6H,7H2,1H3;2-6H,1H3;1-3H3;4H,2-3H2,1H3;4H,1-3H3;3*1H4/t2*9-;;;;;;;;;/m10........./s1. The molecule has 2 aliphatic heterocycles. The monoisotopic (exact) mass is 1270 g/mol. The Kier molecular flexibility index (Phi) is 42.0. The van der Waals surface area contributed by atoms with Gasteiger partial charge in [0.1, 0.15) is 42.4 Å². The molecular weight excluding hydrogens is 1160 g/mol. The van der Waals surface area contributed by atoms with Crippen molar-refractivity contribution in [1.82, 2.24) is 10.6 Å². The molecule has 0 spiro atoms. The molecule has 2 saturated carbocycles. The van der Waals surface area contributed by atoms with Crippen LogP contribution in [0.4, 0.5) is 0 Å². The van der Waals surface area contributed by atoms with Crippen LogP contribution in [0.1, 0.15) is 188 Å². The first-order valence-corrected chi connectivity index (χ1v) is 37.3. The van der Waals surface area contributed by atoms with Gasteiger partial charge in [-0.15, -0.1) is 0 Å². The van der Waals surface area contributed by atoms with Gasteiger partial charge in [0.05, 0.1) is 32.0 Å². The number of Topliss-reactive ketones (excluding diaryl/α,β-unsaturated/α-hetero) is 3. The van der Waals surface area contributed by atoms with Crippen LogP contribution in [0.5, 0.6) is 0 Å². The first-order valence-electron chi connectivity index (χ1n) is 27.6. The molecular formula is C62H115N3O13S5. The molecule has 2 N–H and O–H groups in total. The molecule has 21 heteroatoms. The average molecular weight is 1270 g/mol. The molecule has 4 aliphatic rings. The Morgan fingerprint density at radius 3 is 1.10 bits per heavy atom. The molecule has 83 heavy (non-hydrogen) atoms. The molecule has 2 aromatic rings. The first-order chi connectivity index (χ1) is 36.2. The topological polar surface area (TPSA) is 270 Å². The lowest BCUT2D eigenvalue weighted by Gasteiger charge is -2.35. The zero-order valence-corrected chi connectivity index (χ0v) is 55.9. The van der Waals surface area contributed by atoms with Crippen LogP contribution in [0.25, 0.3) is 0 Å². The molecule has 0 radical (unpaired) electrons. The number of hydrogen-bond acceptors (Lipinski definition) is 16. The maximum Gasteiger partial charge on any atom is 0.175 e. The van der Waals surface area contributed by atoms with Gasteiger partial charge in [0.2, 0.25) is 0 Å². The number of nitrogens with zero attached hydrogens (tertiary/aromatic N) is 1. The summed E-state index contributed by atoms with van der Waals surface area (Å²) in [4.78, 5) is 33.5. The fraction of sp³-hybridized carbons (Fsp3) is 0.742. The number of carbonyl (C=O) groups excluding carboxylic acids is 3. The van der Waals surface area contributed by atoms with E-state index in [0.29, 0.717) is 34.2 Å². The minimum absolute atomic E-state index is 0. The van der Waals surface area contributed by atoms with Crippen LogP contribution in [0, 0.1) is 45.3 Å². The number of piperidine rings is 2. The lowest BCUT2D eigenvalue weighted by atomic mass is 9.72. The minimum Gasteiger partial charge on any atom is -0.316 e. The van der Waals surface area contributed by atoms with Gasteiger partial charge in [-0.1, -0.05) is 118 Å². The van der Waals surface area contributed by atoms with E-state index in [1.807, 2.05) is 38.1 Å². The summed E-state index contributed by atoms with van der Waals surface area (Å²) in [6.45, 7) is 27.6. The molecule has 0 aromatic heterocycles. The first kappa shape index (κ1) is 88.4. The van der Waals surface area contributed by atoms with Crippen molar-refractivity contribution in [2.75, 3.05) is 57.5 Å². The third kappa shape index (κ3) is 37.7. The quantitative estimate of drug-likeness (QED) is 0.200. The van der Waals surface area contributed by atoms with Crippen molar-refractivity contribution < 1.29 is 56.5 Å². The third-order valence-electron chi connectivity index (χ3n) is 15.6. The Balaban J connectivity index is -0.000000280. The Labute approximate surface area is 508 Å². The summed E-state index contributed by atoms with van der Waals surface area (Å²) in [5.74, 6) is 2.12. The number of benzene rings is 2. The number of nitriles is 1. The van der Waals surface area contributed by atoms with Crippen molar-refractivity contribution in [3.63, 3.8) is 0 Å². The summed E-state index contributed by atoms with van der Waals surface area (Å²) < 4.78 is 107. The van der Waals surface area contributed by atoms with Crippen molar-refractivity contribution in [1.29, 1.82) is 5.26 Å². The SMILES string of the molecule is C.C.C.CC(=O)C(C)(C)C#N.CC(=O)C(C)(C)[C@@H]1CCCNC1.CC(=O)C(C)(C)[C@H]1CCCNC1.CC(C)(C1CCCCC1)S(C)(=O)=O.CC(C)S(C)(=O)=O.CS(=O)(=O)C1CC1.CS(=O)(=O)Cc1ccccc1.CS(=O)(=O)c1ccccc1. The smallest absolute Gasteiger partial charge is 0.175 e. The number of rotatable bonds is 12. The lowest BCUT2D eigenvalue weighted by Crippen LogP contribution is -2.41. The Morgan fingerprint density at radius 2 is 0.892 bits per heavy atom. The van der Waals surface area contributed by atoms with Crippen molar-refractivity contribution in [3.8, 4) is 6.07 Å². The maximum absolute atomic E-state index is 11.6. The van der Waals surface area contributed by atoms with E-state index in [-0.39, 0.29) is 55.1 Å². The van der Waals surface area contributed by atoms with E-state index in [1.165, 1.54) is 83.1 Å². The zero-order chi connectivity index (χ0) is 62.8. The minimum atomic E-state index is -3.00.